The Kier molecular flexibility index (Phi) is 8.61. The molecule has 0 bridgehead atoms. The zero-order valence-electron chi connectivity index (χ0n) is 21.0. The van der Waals surface area contributed by atoms with Gasteiger partial charge in [-0.25, -0.2) is 21.2 Å². The Bertz CT molecular complexity index is 1460. The summed E-state index contributed by atoms with van der Waals surface area (Å²) in [5.74, 6) is -1.02. The average molecular weight is 560 g/mol. The van der Waals surface area contributed by atoms with Crippen LogP contribution in [0.25, 0.3) is 0 Å². The summed E-state index contributed by atoms with van der Waals surface area (Å²) >= 11 is 0. The molecule has 0 aliphatic carbocycles. The van der Waals surface area contributed by atoms with Gasteiger partial charge in [-0.05, 0) is 73.9 Å². The lowest BCUT2D eigenvalue weighted by Gasteiger charge is -2.32. The molecule has 38 heavy (non-hydrogen) atoms. The molecular weight excluding hydrogens is 529 g/mol. The molecule has 1 heterocycles. The van der Waals surface area contributed by atoms with Crippen LogP contribution in [-0.4, -0.2) is 50.5 Å². The number of benzene rings is 3. The molecule has 3 aromatic carbocycles. The van der Waals surface area contributed by atoms with E-state index in [4.69, 9.17) is 0 Å². The van der Waals surface area contributed by atoms with E-state index in [-0.39, 0.29) is 22.4 Å². The highest BCUT2D eigenvalue weighted by atomic mass is 32.2. The van der Waals surface area contributed by atoms with Crippen molar-refractivity contribution in [3.8, 4) is 0 Å². The number of rotatable bonds is 9. The molecule has 1 saturated heterocycles. The normalized spacial score (nSPS) is 16.9. The van der Waals surface area contributed by atoms with Crippen LogP contribution < -0.4 is 5.32 Å². The molecule has 1 fully saturated rings. The van der Waals surface area contributed by atoms with Crippen molar-refractivity contribution >= 4 is 31.6 Å². The molecule has 1 unspecified atom stereocenters. The molecule has 1 atom stereocenters. The summed E-state index contributed by atoms with van der Waals surface area (Å²) in [4.78, 5) is 12.6. The molecule has 0 radical (unpaired) electrons. The van der Waals surface area contributed by atoms with Gasteiger partial charge in [0, 0.05) is 24.8 Å². The number of anilines is 1. The molecule has 0 aromatic heterocycles. The first-order valence-electron chi connectivity index (χ1n) is 12.3. The van der Waals surface area contributed by atoms with Gasteiger partial charge >= 0.3 is 0 Å². The van der Waals surface area contributed by atoms with E-state index in [0.717, 1.165) is 23.6 Å². The fourth-order valence-corrected chi connectivity index (χ4v) is 7.48. The van der Waals surface area contributed by atoms with Crippen molar-refractivity contribution in [2.24, 2.45) is 0 Å². The maximum atomic E-state index is 13.6. The summed E-state index contributed by atoms with van der Waals surface area (Å²) in [5, 5.41) is 2.67. The second-order valence-electron chi connectivity index (χ2n) is 9.25. The lowest BCUT2D eigenvalue weighted by Crippen LogP contribution is -2.41. The second-order valence-corrected chi connectivity index (χ2v) is 13.1. The quantitative estimate of drug-likeness (QED) is 0.423. The minimum atomic E-state index is -4.22. The number of amides is 1. The summed E-state index contributed by atoms with van der Waals surface area (Å²) in [5.41, 5.74) is 0.999. The maximum absolute atomic E-state index is 13.6. The van der Waals surface area contributed by atoms with Gasteiger partial charge in [-0.1, -0.05) is 36.8 Å². The molecule has 202 valence electrons. The molecular formula is C27H30FN3O5S2. The van der Waals surface area contributed by atoms with Crippen molar-refractivity contribution in [1.29, 1.82) is 0 Å². The third-order valence-corrected chi connectivity index (χ3v) is 10.3. The van der Waals surface area contributed by atoms with Crippen molar-refractivity contribution in [2.45, 2.75) is 48.6 Å². The van der Waals surface area contributed by atoms with Crippen molar-refractivity contribution in [3.63, 3.8) is 0 Å². The Morgan fingerprint density at radius 2 is 1.55 bits per heavy atom. The van der Waals surface area contributed by atoms with Crippen LogP contribution in [0.2, 0.25) is 0 Å². The molecule has 1 aliphatic heterocycles. The van der Waals surface area contributed by atoms with Crippen molar-refractivity contribution in [1.82, 2.24) is 8.61 Å². The van der Waals surface area contributed by atoms with E-state index < -0.39 is 38.3 Å². The third kappa shape index (κ3) is 6.47. The maximum Gasteiger partial charge on any atom is 0.243 e. The van der Waals surface area contributed by atoms with Gasteiger partial charge in [-0.2, -0.15) is 8.61 Å². The number of carbonyl (C=O) groups excluding carboxylic acids is 1. The summed E-state index contributed by atoms with van der Waals surface area (Å²) in [6, 6.07) is 18.9. The summed E-state index contributed by atoms with van der Waals surface area (Å²) in [6.07, 6.45) is 2.51. The van der Waals surface area contributed by atoms with Crippen molar-refractivity contribution < 1.29 is 26.0 Å². The number of hydrogen-bond acceptors (Lipinski definition) is 5. The van der Waals surface area contributed by atoms with E-state index >= 15 is 0 Å². The summed E-state index contributed by atoms with van der Waals surface area (Å²) in [6.45, 7) is 1.60. The molecule has 1 N–H and O–H groups in total. The predicted octanol–water partition coefficient (Wildman–Crippen LogP) is 4.22. The van der Waals surface area contributed by atoms with Gasteiger partial charge in [0.25, 0.3) is 0 Å². The second kappa shape index (κ2) is 11.7. The zero-order valence-corrected chi connectivity index (χ0v) is 22.6. The Morgan fingerprint density at radius 3 is 2.18 bits per heavy atom. The van der Waals surface area contributed by atoms with E-state index in [1.807, 2.05) is 6.92 Å². The lowest BCUT2D eigenvalue weighted by molar-refractivity contribution is -0.116. The molecule has 1 aliphatic rings. The summed E-state index contributed by atoms with van der Waals surface area (Å²) in [7, 11) is -8.00. The van der Waals surface area contributed by atoms with Gasteiger partial charge < -0.3 is 5.32 Å². The highest BCUT2D eigenvalue weighted by Gasteiger charge is 2.32. The van der Waals surface area contributed by atoms with Crippen LogP contribution in [0.4, 0.5) is 10.1 Å². The van der Waals surface area contributed by atoms with Crippen LogP contribution in [0.5, 0.6) is 0 Å². The number of nitrogens with one attached hydrogen (secondary N) is 1. The Labute approximate surface area is 223 Å². The average Bonchev–Trinajstić information content (AvgIpc) is 2.90. The number of hydrogen-bond donors (Lipinski definition) is 1. The van der Waals surface area contributed by atoms with E-state index in [2.05, 4.69) is 5.32 Å². The molecule has 3 aromatic rings. The number of sulfonamides is 2. The van der Waals surface area contributed by atoms with E-state index in [0.29, 0.717) is 17.8 Å². The molecule has 8 nitrogen and oxygen atoms in total. The van der Waals surface area contributed by atoms with Gasteiger partial charge in [-0.15, -0.1) is 0 Å². The van der Waals surface area contributed by atoms with Crippen LogP contribution >= 0.6 is 0 Å². The third-order valence-electron chi connectivity index (χ3n) is 6.46. The Balaban J connectivity index is 1.60. The Morgan fingerprint density at radius 1 is 0.921 bits per heavy atom. The fourth-order valence-electron chi connectivity index (χ4n) is 4.40. The molecule has 0 spiro atoms. The van der Waals surface area contributed by atoms with E-state index in [1.54, 1.807) is 30.3 Å². The van der Waals surface area contributed by atoms with Crippen molar-refractivity contribution in [3.05, 3.63) is 90.2 Å². The highest BCUT2D eigenvalue weighted by molar-refractivity contribution is 7.89. The van der Waals surface area contributed by atoms with Crippen molar-refractivity contribution in [2.75, 3.05) is 18.4 Å². The van der Waals surface area contributed by atoms with Crippen LogP contribution in [0.3, 0.4) is 0 Å². The number of piperidine rings is 1. The monoisotopic (exact) mass is 559 g/mol. The topological polar surface area (TPSA) is 104 Å². The van der Waals surface area contributed by atoms with E-state index in [9.17, 15) is 26.0 Å². The standard InChI is InChI=1S/C27H30FN3O5S2/c1-21-7-5-6-18-31(21)38(35,36)26-16-14-25(15-17-26)37(33,34)30(19-22-10-12-23(28)13-11-22)20-27(32)29-24-8-3-2-4-9-24/h2-4,8-17,21H,5-7,18-20H2,1H3,(H,29,32). The molecule has 0 saturated carbocycles. The molecule has 1 amide bonds. The van der Waals surface area contributed by atoms with Gasteiger partial charge in [-0.3, -0.25) is 4.79 Å². The number of para-hydroxylation sites is 1. The SMILES string of the molecule is CC1CCCCN1S(=O)(=O)c1ccc(S(=O)(=O)N(CC(=O)Nc2ccccc2)Cc2ccc(F)cc2)cc1. The van der Waals surface area contributed by atoms with Gasteiger partial charge in [0.15, 0.2) is 0 Å². The first-order valence-corrected chi connectivity index (χ1v) is 15.2. The Hall–Kier alpha value is -3.12. The minimum Gasteiger partial charge on any atom is -0.325 e. The van der Waals surface area contributed by atoms with Crippen LogP contribution in [0.15, 0.2) is 88.7 Å². The van der Waals surface area contributed by atoms with Crippen LogP contribution in [-0.2, 0) is 31.4 Å². The zero-order chi connectivity index (χ0) is 27.3. The highest BCUT2D eigenvalue weighted by Crippen LogP contribution is 2.27. The summed E-state index contributed by atoms with van der Waals surface area (Å²) < 4.78 is 69.4. The first kappa shape index (κ1) is 27.9. The van der Waals surface area contributed by atoms with Gasteiger partial charge in [0.05, 0.1) is 16.3 Å². The first-order chi connectivity index (χ1) is 18.1. The minimum absolute atomic E-state index is 0.0112. The number of halogens is 1. The molecule has 11 heteroatoms. The number of nitrogens with zero attached hydrogens (tertiary/aromatic N) is 2. The smallest absolute Gasteiger partial charge is 0.243 e. The lowest BCUT2D eigenvalue weighted by atomic mass is 10.1. The van der Waals surface area contributed by atoms with E-state index in [1.165, 1.54) is 52.8 Å². The fraction of sp³-hybridized carbons (Fsp3) is 0.296. The predicted molar refractivity (Wildman–Crippen MR) is 143 cm³/mol. The largest absolute Gasteiger partial charge is 0.325 e. The van der Waals surface area contributed by atoms with Gasteiger partial charge in [0.2, 0.25) is 26.0 Å². The number of carbonyl (C=O) groups is 1. The van der Waals surface area contributed by atoms with Gasteiger partial charge in [0.1, 0.15) is 5.82 Å². The van der Waals surface area contributed by atoms with Crippen LogP contribution in [0.1, 0.15) is 31.7 Å². The van der Waals surface area contributed by atoms with Crippen LogP contribution in [0, 0.1) is 5.82 Å². The molecule has 4 rings (SSSR count).